The van der Waals surface area contributed by atoms with Crippen LogP contribution in [0.2, 0.25) is 0 Å². The van der Waals surface area contributed by atoms with Crippen LogP contribution in [0, 0.1) is 5.92 Å². The Balaban J connectivity index is 1.34. The summed E-state index contributed by atoms with van der Waals surface area (Å²) in [6.45, 7) is 1.68. The maximum atomic E-state index is 12.8. The summed E-state index contributed by atoms with van der Waals surface area (Å²) in [6.07, 6.45) is 10.3. The van der Waals surface area contributed by atoms with E-state index in [1.807, 2.05) is 6.07 Å². The molecule has 3 fully saturated rings. The molecule has 162 valence electrons. The van der Waals surface area contributed by atoms with Gasteiger partial charge in [-0.1, -0.05) is 18.9 Å². The van der Waals surface area contributed by atoms with E-state index in [2.05, 4.69) is 34.8 Å². The Kier molecular flexibility index (Phi) is 5.16. The molecule has 2 aromatic rings. The summed E-state index contributed by atoms with van der Waals surface area (Å²) in [5.74, 6) is 1.21. The Hall–Kier alpha value is -1.82. The molecule has 1 saturated heterocycles. The van der Waals surface area contributed by atoms with Crippen LogP contribution in [0.1, 0.15) is 68.4 Å². The predicted molar refractivity (Wildman–Crippen MR) is 119 cm³/mol. The topological polar surface area (TPSA) is 59.4 Å². The molecule has 1 aliphatic heterocycles. The molecule has 0 N–H and O–H groups in total. The molecule has 0 bridgehead atoms. The molecule has 1 amide bonds. The number of sulfone groups is 1. The van der Waals surface area contributed by atoms with Crippen molar-refractivity contribution in [3.8, 4) is 0 Å². The summed E-state index contributed by atoms with van der Waals surface area (Å²) >= 11 is 0. The summed E-state index contributed by atoms with van der Waals surface area (Å²) in [5, 5.41) is 1.06. The number of hydrogen-bond donors (Lipinski definition) is 0. The summed E-state index contributed by atoms with van der Waals surface area (Å²) in [7, 11) is -0.955. The van der Waals surface area contributed by atoms with Crippen LogP contribution in [0.4, 0.5) is 0 Å². The summed E-state index contributed by atoms with van der Waals surface area (Å²) in [5.41, 5.74) is 3.36. The van der Waals surface area contributed by atoms with Crippen LogP contribution >= 0.6 is 0 Å². The van der Waals surface area contributed by atoms with Crippen molar-refractivity contribution in [3.05, 3.63) is 35.5 Å². The standard InChI is InChI=1S/C24H32N2O3S/c1-25-15-22(18-10-12-26(13-11-18)24(27)19-4-2-3-5-19)21-14-17(6-9-23(21)25)16-30(28,29)20-7-8-20/h6,9,14-15,18-20H,2-5,7-8,10-13,16H2,1H3. The second-order valence-electron chi connectivity index (χ2n) is 9.63. The van der Waals surface area contributed by atoms with Crippen molar-refractivity contribution in [1.29, 1.82) is 0 Å². The number of nitrogens with zero attached hydrogens (tertiary/aromatic N) is 2. The highest BCUT2D eigenvalue weighted by atomic mass is 32.2. The molecule has 5 nitrogen and oxygen atoms in total. The van der Waals surface area contributed by atoms with Gasteiger partial charge < -0.3 is 9.47 Å². The Morgan fingerprint density at radius 3 is 2.40 bits per heavy atom. The lowest BCUT2D eigenvalue weighted by atomic mass is 9.88. The minimum atomic E-state index is -3.02. The Labute approximate surface area is 179 Å². The number of carbonyl (C=O) groups excluding carboxylic acids is 1. The Morgan fingerprint density at radius 1 is 1.03 bits per heavy atom. The van der Waals surface area contributed by atoms with E-state index < -0.39 is 9.84 Å². The third-order valence-electron chi connectivity index (χ3n) is 7.44. The average molecular weight is 429 g/mol. The third-order valence-corrected chi connectivity index (χ3v) is 9.66. The van der Waals surface area contributed by atoms with Crippen molar-refractivity contribution >= 4 is 26.6 Å². The van der Waals surface area contributed by atoms with E-state index in [9.17, 15) is 13.2 Å². The van der Waals surface area contributed by atoms with E-state index in [1.54, 1.807) is 0 Å². The maximum Gasteiger partial charge on any atom is 0.225 e. The van der Waals surface area contributed by atoms with Gasteiger partial charge in [-0.15, -0.1) is 0 Å². The summed E-state index contributed by atoms with van der Waals surface area (Å²) in [4.78, 5) is 14.9. The van der Waals surface area contributed by atoms with E-state index >= 15 is 0 Å². The molecule has 0 atom stereocenters. The maximum absolute atomic E-state index is 12.8. The lowest BCUT2D eigenvalue weighted by molar-refractivity contribution is -0.136. The van der Waals surface area contributed by atoms with E-state index in [1.165, 1.54) is 23.8 Å². The molecular formula is C24H32N2O3S. The van der Waals surface area contributed by atoms with Crippen molar-refractivity contribution in [2.75, 3.05) is 13.1 Å². The fourth-order valence-electron chi connectivity index (χ4n) is 5.50. The lowest BCUT2D eigenvalue weighted by Crippen LogP contribution is -2.40. The largest absolute Gasteiger partial charge is 0.350 e. The molecule has 2 heterocycles. The van der Waals surface area contributed by atoms with Gasteiger partial charge in [0.05, 0.1) is 11.0 Å². The number of piperidine rings is 1. The zero-order valence-electron chi connectivity index (χ0n) is 17.8. The number of fused-ring (bicyclic) bond motifs is 1. The van der Waals surface area contributed by atoms with Crippen molar-refractivity contribution in [3.63, 3.8) is 0 Å². The highest BCUT2D eigenvalue weighted by molar-refractivity contribution is 7.91. The van der Waals surface area contributed by atoms with Crippen LogP contribution in [-0.4, -0.2) is 42.1 Å². The van der Waals surface area contributed by atoms with Gasteiger partial charge in [0.25, 0.3) is 0 Å². The van der Waals surface area contributed by atoms with E-state index in [-0.39, 0.29) is 16.9 Å². The average Bonchev–Trinajstić information content (AvgIpc) is 3.38. The summed E-state index contributed by atoms with van der Waals surface area (Å²) < 4.78 is 27.1. The molecule has 3 aliphatic rings. The molecule has 5 rings (SSSR count). The molecule has 1 aromatic carbocycles. The van der Waals surface area contributed by atoms with E-state index in [0.29, 0.717) is 11.8 Å². The van der Waals surface area contributed by atoms with Crippen molar-refractivity contribution < 1.29 is 13.2 Å². The van der Waals surface area contributed by atoms with Gasteiger partial charge in [0, 0.05) is 43.2 Å². The van der Waals surface area contributed by atoms with Crippen LogP contribution in [-0.2, 0) is 27.4 Å². The molecule has 2 aliphatic carbocycles. The number of likely N-dealkylation sites (tertiary alicyclic amines) is 1. The van der Waals surface area contributed by atoms with Crippen molar-refractivity contribution in [2.24, 2.45) is 13.0 Å². The highest BCUT2D eigenvalue weighted by Crippen LogP contribution is 2.37. The zero-order chi connectivity index (χ0) is 20.9. The first-order valence-corrected chi connectivity index (χ1v) is 13.2. The molecule has 2 saturated carbocycles. The molecular weight excluding hydrogens is 396 g/mol. The van der Waals surface area contributed by atoms with Gasteiger partial charge in [0.2, 0.25) is 5.91 Å². The third kappa shape index (κ3) is 3.79. The number of aryl methyl sites for hydroxylation is 1. The van der Waals surface area contributed by atoms with Crippen LogP contribution in [0.3, 0.4) is 0 Å². The fraction of sp³-hybridized carbons (Fsp3) is 0.625. The van der Waals surface area contributed by atoms with E-state index in [4.69, 9.17) is 0 Å². The molecule has 0 spiro atoms. The van der Waals surface area contributed by atoms with Gasteiger partial charge in [-0.05, 0) is 67.7 Å². The fourth-order valence-corrected chi connectivity index (χ4v) is 7.24. The second kappa shape index (κ2) is 7.70. The normalized spacial score (nSPS) is 21.6. The van der Waals surface area contributed by atoms with Gasteiger partial charge in [0.1, 0.15) is 0 Å². The van der Waals surface area contributed by atoms with Crippen LogP contribution in [0.25, 0.3) is 10.9 Å². The highest BCUT2D eigenvalue weighted by Gasteiger charge is 2.35. The van der Waals surface area contributed by atoms with Crippen LogP contribution in [0.15, 0.2) is 24.4 Å². The number of aromatic nitrogens is 1. The zero-order valence-corrected chi connectivity index (χ0v) is 18.7. The summed E-state index contributed by atoms with van der Waals surface area (Å²) in [6, 6.07) is 6.13. The van der Waals surface area contributed by atoms with Gasteiger partial charge >= 0.3 is 0 Å². The number of hydrogen-bond acceptors (Lipinski definition) is 3. The van der Waals surface area contributed by atoms with Gasteiger partial charge in [-0.3, -0.25) is 4.79 Å². The first-order valence-electron chi connectivity index (χ1n) is 11.5. The first kappa shape index (κ1) is 20.1. The quantitative estimate of drug-likeness (QED) is 0.719. The first-order chi connectivity index (χ1) is 14.4. The smallest absolute Gasteiger partial charge is 0.225 e. The molecule has 1 aromatic heterocycles. The lowest BCUT2D eigenvalue weighted by Gasteiger charge is -2.33. The van der Waals surface area contributed by atoms with Gasteiger partial charge in [0.15, 0.2) is 9.84 Å². The Bertz CT molecular complexity index is 1050. The molecule has 30 heavy (non-hydrogen) atoms. The van der Waals surface area contributed by atoms with Gasteiger partial charge in [-0.2, -0.15) is 0 Å². The molecule has 0 unspecified atom stereocenters. The number of carbonyl (C=O) groups is 1. The van der Waals surface area contributed by atoms with Crippen LogP contribution in [0.5, 0.6) is 0 Å². The molecule has 6 heteroatoms. The van der Waals surface area contributed by atoms with Crippen molar-refractivity contribution in [2.45, 2.75) is 68.3 Å². The monoisotopic (exact) mass is 428 g/mol. The number of amides is 1. The SMILES string of the molecule is Cn1cc(C2CCN(C(=O)C3CCCC3)CC2)c2cc(CS(=O)(=O)C3CC3)ccc21. The number of rotatable bonds is 5. The minimum absolute atomic E-state index is 0.120. The second-order valence-corrected chi connectivity index (χ2v) is 11.9. The Morgan fingerprint density at radius 2 is 1.73 bits per heavy atom. The van der Waals surface area contributed by atoms with Gasteiger partial charge in [-0.25, -0.2) is 8.42 Å². The van der Waals surface area contributed by atoms with Crippen LogP contribution < -0.4 is 0 Å². The number of benzene rings is 1. The predicted octanol–water partition coefficient (Wildman–Crippen LogP) is 4.15. The molecule has 0 radical (unpaired) electrons. The van der Waals surface area contributed by atoms with E-state index in [0.717, 1.165) is 62.7 Å². The van der Waals surface area contributed by atoms with Crippen molar-refractivity contribution in [1.82, 2.24) is 9.47 Å². The minimum Gasteiger partial charge on any atom is -0.350 e.